The Kier molecular flexibility index (Phi) is 3.95. The molecule has 2 aromatic rings. The predicted octanol–water partition coefficient (Wildman–Crippen LogP) is 3.28. The van der Waals surface area contributed by atoms with Gasteiger partial charge in [0, 0.05) is 7.05 Å². The first kappa shape index (κ1) is 16.3. The molecule has 5 heteroatoms. The van der Waals surface area contributed by atoms with Crippen LogP contribution in [0.3, 0.4) is 0 Å². The number of carboxylic acids is 1. The van der Waals surface area contributed by atoms with Crippen LogP contribution >= 0.6 is 0 Å². The number of carbonyl (C=O) groups excluding carboxylic acids is 1. The van der Waals surface area contributed by atoms with E-state index < -0.39 is 11.4 Å². The summed E-state index contributed by atoms with van der Waals surface area (Å²) < 4.78 is 5.48. The lowest BCUT2D eigenvalue weighted by Gasteiger charge is -2.23. The fourth-order valence-corrected chi connectivity index (χ4v) is 3.20. The van der Waals surface area contributed by atoms with Crippen LogP contribution in [-0.4, -0.2) is 28.9 Å². The van der Waals surface area contributed by atoms with Gasteiger partial charge in [-0.15, -0.1) is 0 Å². The zero-order chi connectivity index (χ0) is 17.5. The van der Waals surface area contributed by atoms with E-state index >= 15 is 0 Å². The Morgan fingerprint density at radius 1 is 1.25 bits per heavy atom. The summed E-state index contributed by atoms with van der Waals surface area (Å²) in [5.41, 5.74) is 1.91. The molecule has 0 saturated heterocycles. The third-order valence-electron chi connectivity index (χ3n) is 4.67. The summed E-state index contributed by atoms with van der Waals surface area (Å²) in [6.45, 7) is 3.90. The van der Waals surface area contributed by atoms with Gasteiger partial charge in [-0.3, -0.25) is 4.79 Å². The molecule has 1 amide bonds. The molecule has 1 aliphatic carbocycles. The predicted molar refractivity (Wildman–Crippen MR) is 89.0 cm³/mol. The van der Waals surface area contributed by atoms with Crippen LogP contribution < -0.4 is 0 Å². The van der Waals surface area contributed by atoms with Gasteiger partial charge in [0.1, 0.15) is 17.1 Å². The molecule has 3 rings (SSSR count). The van der Waals surface area contributed by atoms with Crippen molar-refractivity contribution in [1.29, 1.82) is 0 Å². The van der Waals surface area contributed by atoms with E-state index in [0.29, 0.717) is 11.5 Å². The molecule has 5 nitrogen and oxygen atoms in total. The molecule has 0 aliphatic heterocycles. The third kappa shape index (κ3) is 2.82. The zero-order valence-corrected chi connectivity index (χ0v) is 14.1. The number of likely N-dealkylation sites (N-methyl/N-ethyl adjacent to an activating group) is 1. The number of carbonyl (C=O) groups is 2. The maximum absolute atomic E-state index is 12.9. The maximum Gasteiger partial charge on any atom is 0.339 e. The molecule has 1 aromatic carbocycles. The molecule has 126 valence electrons. The minimum atomic E-state index is -1.02. The van der Waals surface area contributed by atoms with Gasteiger partial charge in [0.2, 0.25) is 5.91 Å². The van der Waals surface area contributed by atoms with Gasteiger partial charge >= 0.3 is 5.97 Å². The van der Waals surface area contributed by atoms with Crippen LogP contribution in [0.15, 0.2) is 34.7 Å². The smallest absolute Gasteiger partial charge is 0.339 e. The lowest BCUT2D eigenvalue weighted by Crippen LogP contribution is -2.36. The highest BCUT2D eigenvalue weighted by Gasteiger charge is 2.52. The first-order valence-corrected chi connectivity index (χ1v) is 7.99. The molecule has 1 heterocycles. The number of hydrogen-bond acceptors (Lipinski definition) is 3. The molecule has 0 bridgehead atoms. The number of nitrogens with zero attached hydrogens (tertiary/aromatic N) is 1. The average molecular weight is 327 g/mol. The van der Waals surface area contributed by atoms with E-state index in [9.17, 15) is 9.59 Å². The van der Waals surface area contributed by atoms with Crippen molar-refractivity contribution in [2.24, 2.45) is 0 Å². The number of furan rings is 1. The topological polar surface area (TPSA) is 70.8 Å². The Morgan fingerprint density at radius 3 is 2.50 bits per heavy atom. The first-order valence-electron chi connectivity index (χ1n) is 7.99. The molecular weight excluding hydrogens is 306 g/mol. The highest BCUT2D eigenvalue weighted by Crippen LogP contribution is 2.49. The molecular formula is C19H21NO4. The lowest BCUT2D eigenvalue weighted by atomic mass is 9.93. The normalized spacial score (nSPS) is 15.1. The van der Waals surface area contributed by atoms with Crippen LogP contribution in [0.4, 0.5) is 0 Å². The molecule has 1 aliphatic rings. The standard InChI is InChI=1S/C19H21NO4/c1-12-5-4-6-14(9-12)19(7-8-19)18(23)20(3)11-15-10-16(17(21)22)13(2)24-15/h4-6,9-10H,7-8,11H2,1-3H3,(H,21,22). The van der Waals surface area contributed by atoms with E-state index in [1.807, 2.05) is 25.1 Å². The highest BCUT2D eigenvalue weighted by molar-refractivity contribution is 5.91. The number of aryl methyl sites for hydroxylation is 2. The Hall–Kier alpha value is -2.56. The largest absolute Gasteiger partial charge is 0.478 e. The van der Waals surface area contributed by atoms with Gasteiger partial charge in [-0.1, -0.05) is 29.8 Å². The second-order valence-electron chi connectivity index (χ2n) is 6.60. The minimum absolute atomic E-state index is 0.0547. The van der Waals surface area contributed by atoms with Crippen molar-refractivity contribution in [2.45, 2.75) is 38.6 Å². The van der Waals surface area contributed by atoms with Crippen molar-refractivity contribution in [3.63, 3.8) is 0 Å². The molecule has 1 saturated carbocycles. The van der Waals surface area contributed by atoms with Crippen molar-refractivity contribution in [3.8, 4) is 0 Å². The second kappa shape index (κ2) is 5.82. The van der Waals surface area contributed by atoms with Crippen molar-refractivity contribution < 1.29 is 19.1 Å². The van der Waals surface area contributed by atoms with Crippen molar-refractivity contribution in [2.75, 3.05) is 7.05 Å². The SMILES string of the molecule is Cc1cccc(C2(C(=O)N(C)Cc3cc(C(=O)O)c(C)o3)CC2)c1. The summed E-state index contributed by atoms with van der Waals surface area (Å²) >= 11 is 0. The molecule has 0 unspecified atom stereocenters. The summed E-state index contributed by atoms with van der Waals surface area (Å²) in [5.74, 6) is -0.118. The van der Waals surface area contributed by atoms with E-state index in [4.69, 9.17) is 9.52 Å². The van der Waals surface area contributed by atoms with E-state index in [0.717, 1.165) is 24.0 Å². The van der Waals surface area contributed by atoms with E-state index in [1.165, 1.54) is 6.07 Å². The fraction of sp³-hybridized carbons (Fsp3) is 0.368. The first-order chi connectivity index (χ1) is 11.3. The summed E-state index contributed by atoms with van der Waals surface area (Å²) in [4.78, 5) is 25.7. The molecule has 0 atom stereocenters. The van der Waals surface area contributed by atoms with Gasteiger partial charge in [-0.25, -0.2) is 4.79 Å². The molecule has 0 radical (unpaired) electrons. The van der Waals surface area contributed by atoms with Crippen LogP contribution in [-0.2, 0) is 16.8 Å². The summed E-state index contributed by atoms with van der Waals surface area (Å²) in [7, 11) is 1.73. The fourth-order valence-electron chi connectivity index (χ4n) is 3.20. The Labute approximate surface area is 140 Å². The number of amides is 1. The van der Waals surface area contributed by atoms with Gasteiger partial charge in [-0.2, -0.15) is 0 Å². The van der Waals surface area contributed by atoms with Gasteiger partial charge in [0.25, 0.3) is 0 Å². The van der Waals surface area contributed by atoms with Crippen LogP contribution in [0, 0.1) is 13.8 Å². The van der Waals surface area contributed by atoms with Crippen molar-refractivity contribution in [1.82, 2.24) is 4.90 Å². The zero-order valence-electron chi connectivity index (χ0n) is 14.1. The van der Waals surface area contributed by atoms with Crippen LogP contribution in [0.25, 0.3) is 0 Å². The van der Waals surface area contributed by atoms with Crippen LogP contribution in [0.5, 0.6) is 0 Å². The summed E-state index contributed by atoms with van der Waals surface area (Å²) in [5, 5.41) is 9.10. The van der Waals surface area contributed by atoms with Crippen molar-refractivity contribution in [3.05, 3.63) is 58.5 Å². The van der Waals surface area contributed by atoms with E-state index in [1.54, 1.807) is 18.9 Å². The number of carboxylic acid groups (broad SMARTS) is 1. The van der Waals surface area contributed by atoms with Gasteiger partial charge < -0.3 is 14.4 Å². The molecule has 0 spiro atoms. The minimum Gasteiger partial charge on any atom is -0.478 e. The highest BCUT2D eigenvalue weighted by atomic mass is 16.4. The number of benzene rings is 1. The Bertz CT molecular complexity index is 801. The quantitative estimate of drug-likeness (QED) is 0.915. The Balaban J connectivity index is 1.78. The van der Waals surface area contributed by atoms with E-state index in [2.05, 4.69) is 6.07 Å². The van der Waals surface area contributed by atoms with E-state index in [-0.39, 0.29) is 18.0 Å². The lowest BCUT2D eigenvalue weighted by molar-refractivity contribution is -0.133. The number of rotatable bonds is 5. The molecule has 24 heavy (non-hydrogen) atoms. The van der Waals surface area contributed by atoms with Gasteiger partial charge in [-0.05, 0) is 38.3 Å². The molecule has 1 aromatic heterocycles. The van der Waals surface area contributed by atoms with Crippen molar-refractivity contribution >= 4 is 11.9 Å². The second-order valence-corrected chi connectivity index (χ2v) is 6.60. The van der Waals surface area contributed by atoms with Crippen LogP contribution in [0.1, 0.15) is 45.8 Å². The third-order valence-corrected chi connectivity index (χ3v) is 4.67. The number of hydrogen-bond donors (Lipinski definition) is 1. The van der Waals surface area contributed by atoms with Crippen LogP contribution in [0.2, 0.25) is 0 Å². The monoisotopic (exact) mass is 327 g/mol. The molecule has 1 N–H and O–H groups in total. The Morgan fingerprint density at radius 2 is 1.96 bits per heavy atom. The summed E-state index contributed by atoms with van der Waals surface area (Å²) in [6.07, 6.45) is 1.69. The van der Waals surface area contributed by atoms with Gasteiger partial charge in [0.05, 0.1) is 12.0 Å². The molecule has 1 fully saturated rings. The average Bonchev–Trinajstić information content (AvgIpc) is 3.25. The van der Waals surface area contributed by atoms with Gasteiger partial charge in [0.15, 0.2) is 0 Å². The summed E-state index contributed by atoms with van der Waals surface area (Å²) in [6, 6.07) is 9.57. The number of aromatic carboxylic acids is 1. The maximum atomic E-state index is 12.9.